The Balaban J connectivity index is 2.33. The summed E-state index contributed by atoms with van der Waals surface area (Å²) >= 11 is 1.75. The van der Waals surface area contributed by atoms with Crippen LogP contribution in [0.15, 0.2) is 23.1 Å². The number of nitriles is 1. The van der Waals surface area contributed by atoms with Gasteiger partial charge in [-0.15, -0.1) is 11.8 Å². The van der Waals surface area contributed by atoms with E-state index in [2.05, 4.69) is 48.3 Å². The minimum absolute atomic E-state index is 0.503. The first-order valence-electron chi connectivity index (χ1n) is 7.45. The van der Waals surface area contributed by atoms with Crippen LogP contribution in [0.25, 0.3) is 0 Å². The van der Waals surface area contributed by atoms with Gasteiger partial charge in [0.05, 0.1) is 11.3 Å². The fourth-order valence-corrected chi connectivity index (χ4v) is 3.65. The summed E-state index contributed by atoms with van der Waals surface area (Å²) in [6.45, 7) is 7.38. The Morgan fingerprint density at radius 2 is 2.30 bits per heavy atom. The Kier molecular flexibility index (Phi) is 5.75. The maximum atomic E-state index is 9.56. The lowest BCUT2D eigenvalue weighted by Gasteiger charge is -2.36. The molecule has 4 heteroatoms. The highest BCUT2D eigenvalue weighted by molar-refractivity contribution is 7.99. The second kappa shape index (κ2) is 7.56. The van der Waals surface area contributed by atoms with Crippen molar-refractivity contribution in [1.82, 2.24) is 5.32 Å². The van der Waals surface area contributed by atoms with Gasteiger partial charge in [0.1, 0.15) is 6.07 Å². The fourth-order valence-electron chi connectivity index (χ4n) is 2.87. The smallest absolute Gasteiger partial charge is 0.103 e. The maximum Gasteiger partial charge on any atom is 0.103 e. The van der Waals surface area contributed by atoms with Crippen molar-refractivity contribution in [2.24, 2.45) is 0 Å². The Bertz CT molecular complexity index is 475. The van der Waals surface area contributed by atoms with Crippen molar-refractivity contribution in [2.75, 3.05) is 30.3 Å². The number of rotatable bonds is 5. The molecule has 0 spiro atoms. The largest absolute Gasteiger partial charge is 0.366 e. The molecule has 1 atom stereocenters. The van der Waals surface area contributed by atoms with E-state index in [1.807, 2.05) is 0 Å². The van der Waals surface area contributed by atoms with E-state index >= 15 is 0 Å². The van der Waals surface area contributed by atoms with Crippen LogP contribution in [-0.2, 0) is 0 Å². The van der Waals surface area contributed by atoms with E-state index in [0.717, 1.165) is 41.5 Å². The van der Waals surface area contributed by atoms with Gasteiger partial charge in [-0.2, -0.15) is 5.26 Å². The van der Waals surface area contributed by atoms with Gasteiger partial charge in [0.25, 0.3) is 0 Å². The second-order valence-electron chi connectivity index (χ2n) is 4.98. The van der Waals surface area contributed by atoms with Crippen molar-refractivity contribution < 1.29 is 0 Å². The summed E-state index contributed by atoms with van der Waals surface area (Å²) in [5.74, 6) is 0.995. The van der Waals surface area contributed by atoms with Gasteiger partial charge in [0, 0.05) is 24.0 Å². The molecule has 0 bridgehead atoms. The van der Waals surface area contributed by atoms with Crippen LogP contribution in [-0.4, -0.2) is 31.4 Å². The molecule has 0 aliphatic carbocycles. The van der Waals surface area contributed by atoms with Crippen LogP contribution in [0.3, 0.4) is 0 Å². The van der Waals surface area contributed by atoms with Crippen LogP contribution < -0.4 is 10.2 Å². The van der Waals surface area contributed by atoms with E-state index < -0.39 is 0 Å². The normalized spacial score (nSPS) is 18.6. The number of thioether (sulfide) groups is 1. The molecule has 3 nitrogen and oxygen atoms in total. The Morgan fingerprint density at radius 1 is 1.45 bits per heavy atom. The minimum Gasteiger partial charge on any atom is -0.366 e. The summed E-state index contributed by atoms with van der Waals surface area (Å²) in [4.78, 5) is 3.50. The number of piperidine rings is 1. The van der Waals surface area contributed by atoms with Gasteiger partial charge in [-0.3, -0.25) is 0 Å². The molecule has 20 heavy (non-hydrogen) atoms. The number of nitrogens with one attached hydrogen (secondary N) is 1. The van der Waals surface area contributed by atoms with Gasteiger partial charge in [0.2, 0.25) is 0 Å². The monoisotopic (exact) mass is 289 g/mol. The molecule has 1 unspecified atom stereocenters. The topological polar surface area (TPSA) is 39.1 Å². The number of anilines is 1. The highest BCUT2D eigenvalue weighted by Gasteiger charge is 2.22. The number of likely N-dealkylation sites (N-methyl/N-ethyl adjacent to an activating group) is 1. The first-order chi connectivity index (χ1) is 9.81. The summed E-state index contributed by atoms with van der Waals surface area (Å²) in [7, 11) is 0. The van der Waals surface area contributed by atoms with E-state index in [0.29, 0.717) is 6.04 Å². The lowest BCUT2D eigenvalue weighted by atomic mass is 10.0. The molecule has 1 aliphatic rings. The van der Waals surface area contributed by atoms with E-state index in [1.54, 1.807) is 11.8 Å². The SMILES string of the molecule is CCSc1cccc(N(CC)C2CCCNC2)c1C#N. The van der Waals surface area contributed by atoms with Gasteiger partial charge < -0.3 is 10.2 Å². The fraction of sp³-hybridized carbons (Fsp3) is 0.562. The first-order valence-corrected chi connectivity index (χ1v) is 8.43. The maximum absolute atomic E-state index is 9.56. The molecule has 1 aromatic carbocycles. The summed E-state index contributed by atoms with van der Waals surface area (Å²) in [5.41, 5.74) is 1.94. The highest BCUT2D eigenvalue weighted by Crippen LogP contribution is 2.32. The summed E-state index contributed by atoms with van der Waals surface area (Å²) in [6, 6.07) is 9.15. The minimum atomic E-state index is 0.503. The van der Waals surface area contributed by atoms with Gasteiger partial charge in [-0.05, 0) is 44.2 Å². The quantitative estimate of drug-likeness (QED) is 0.845. The molecule has 1 N–H and O–H groups in total. The number of hydrogen-bond acceptors (Lipinski definition) is 4. The predicted molar refractivity (Wildman–Crippen MR) is 86.5 cm³/mol. The summed E-state index contributed by atoms with van der Waals surface area (Å²) in [5, 5.41) is 13.0. The predicted octanol–water partition coefficient (Wildman–Crippen LogP) is 3.25. The first kappa shape index (κ1) is 15.2. The molecule has 1 saturated heterocycles. The van der Waals surface area contributed by atoms with Crippen LogP contribution in [0.5, 0.6) is 0 Å². The van der Waals surface area contributed by atoms with E-state index in [4.69, 9.17) is 0 Å². The van der Waals surface area contributed by atoms with Crippen molar-refractivity contribution in [1.29, 1.82) is 5.26 Å². The third-order valence-electron chi connectivity index (χ3n) is 3.78. The molecule has 1 fully saturated rings. The third-order valence-corrected chi connectivity index (χ3v) is 4.72. The molecule has 1 aromatic rings. The van der Waals surface area contributed by atoms with Gasteiger partial charge in [-0.25, -0.2) is 0 Å². The van der Waals surface area contributed by atoms with Gasteiger partial charge in [0.15, 0.2) is 0 Å². The zero-order valence-electron chi connectivity index (χ0n) is 12.4. The van der Waals surface area contributed by atoms with Crippen molar-refractivity contribution in [3.05, 3.63) is 23.8 Å². The third kappa shape index (κ3) is 3.28. The Morgan fingerprint density at radius 3 is 2.90 bits per heavy atom. The summed E-state index contributed by atoms with van der Waals surface area (Å²) < 4.78 is 0. The molecule has 2 rings (SSSR count). The molecular formula is C16H23N3S. The molecule has 0 amide bonds. The summed E-state index contributed by atoms with van der Waals surface area (Å²) in [6.07, 6.45) is 2.42. The second-order valence-corrected chi connectivity index (χ2v) is 6.29. The molecule has 0 aromatic heterocycles. The average Bonchev–Trinajstić information content (AvgIpc) is 2.50. The van der Waals surface area contributed by atoms with Crippen LogP contribution in [0.1, 0.15) is 32.3 Å². The standard InChI is InChI=1S/C16H23N3S/c1-3-19(13-7-6-10-18-12-13)15-8-5-9-16(20-4-2)14(15)11-17/h5,8-9,13,18H,3-4,6-7,10,12H2,1-2H3. The van der Waals surface area contributed by atoms with E-state index in [-0.39, 0.29) is 0 Å². The van der Waals surface area contributed by atoms with Crippen LogP contribution >= 0.6 is 11.8 Å². The van der Waals surface area contributed by atoms with Gasteiger partial charge >= 0.3 is 0 Å². The number of benzene rings is 1. The van der Waals surface area contributed by atoms with Crippen LogP contribution in [0.2, 0.25) is 0 Å². The molecule has 1 heterocycles. The van der Waals surface area contributed by atoms with Crippen molar-refractivity contribution in [3.63, 3.8) is 0 Å². The zero-order chi connectivity index (χ0) is 14.4. The lowest BCUT2D eigenvalue weighted by Crippen LogP contribution is -2.46. The van der Waals surface area contributed by atoms with E-state index in [9.17, 15) is 5.26 Å². The van der Waals surface area contributed by atoms with Crippen molar-refractivity contribution >= 4 is 17.4 Å². The lowest BCUT2D eigenvalue weighted by molar-refractivity contribution is 0.435. The molecule has 0 saturated carbocycles. The Hall–Kier alpha value is -1.18. The van der Waals surface area contributed by atoms with Crippen molar-refractivity contribution in [3.8, 4) is 6.07 Å². The van der Waals surface area contributed by atoms with Crippen LogP contribution in [0, 0.1) is 11.3 Å². The molecule has 0 radical (unpaired) electrons. The number of hydrogen-bond donors (Lipinski definition) is 1. The van der Waals surface area contributed by atoms with Crippen LogP contribution in [0.4, 0.5) is 5.69 Å². The van der Waals surface area contributed by atoms with E-state index in [1.165, 1.54) is 12.8 Å². The number of nitrogens with zero attached hydrogens (tertiary/aromatic N) is 2. The van der Waals surface area contributed by atoms with Crippen molar-refractivity contribution in [2.45, 2.75) is 37.6 Å². The zero-order valence-corrected chi connectivity index (χ0v) is 13.2. The molecule has 108 valence electrons. The Labute approximate surface area is 126 Å². The molecule has 1 aliphatic heterocycles. The highest BCUT2D eigenvalue weighted by atomic mass is 32.2. The molecular weight excluding hydrogens is 266 g/mol. The average molecular weight is 289 g/mol. The van der Waals surface area contributed by atoms with Gasteiger partial charge in [-0.1, -0.05) is 13.0 Å².